The van der Waals surface area contributed by atoms with Crippen molar-refractivity contribution in [3.8, 4) is 22.3 Å². The quantitative estimate of drug-likeness (QED) is 0.244. The van der Waals surface area contributed by atoms with Crippen LogP contribution in [0.25, 0.3) is 38.6 Å². The molecule has 0 unspecified atom stereocenters. The molecule has 0 saturated carbocycles. The summed E-state index contributed by atoms with van der Waals surface area (Å²) in [5.41, 5.74) is 9.00. The minimum atomic E-state index is 1.04. The Hall–Kier alpha value is -4.62. The van der Waals surface area contributed by atoms with Gasteiger partial charge in [-0.05, 0) is 62.9 Å². The lowest BCUT2D eigenvalue weighted by Gasteiger charge is -2.15. The Balaban J connectivity index is 1.50. The van der Waals surface area contributed by atoms with Crippen molar-refractivity contribution >= 4 is 27.7 Å². The zero-order valence-corrected chi connectivity index (χ0v) is 19.6. The molecule has 0 aromatic heterocycles. The smallest absolute Gasteiger partial charge is 0.0464 e. The minimum absolute atomic E-state index is 1.04. The Bertz CT molecular complexity index is 1520. The van der Waals surface area contributed by atoms with Crippen LogP contribution in [0.15, 0.2) is 147 Å². The Kier molecular flexibility index (Phi) is 6.41. The van der Waals surface area contributed by atoms with E-state index in [2.05, 4.69) is 128 Å². The average molecular weight is 450 g/mol. The van der Waals surface area contributed by atoms with Crippen LogP contribution >= 0.6 is 0 Å². The molecule has 35 heavy (non-hydrogen) atoms. The lowest BCUT2D eigenvalue weighted by Crippen LogP contribution is -1.95. The second kappa shape index (κ2) is 10.1. The van der Waals surface area contributed by atoms with Gasteiger partial charge in [0.15, 0.2) is 0 Å². The van der Waals surface area contributed by atoms with E-state index in [0.717, 1.165) is 33.6 Å². The van der Waals surface area contributed by atoms with E-state index < -0.39 is 0 Å². The first-order valence-electron chi connectivity index (χ1n) is 11.8. The zero-order chi connectivity index (χ0) is 24.0. The first-order valence-corrected chi connectivity index (χ1v) is 11.8. The molecule has 0 radical (unpaired) electrons. The third-order valence-corrected chi connectivity index (χ3v) is 6.22. The van der Waals surface area contributed by atoms with Gasteiger partial charge in [0.05, 0.1) is 0 Å². The molecule has 5 aromatic carbocycles. The molecule has 0 heterocycles. The predicted molar refractivity (Wildman–Crippen MR) is 153 cm³/mol. The monoisotopic (exact) mass is 449 g/mol. The van der Waals surface area contributed by atoms with E-state index in [0.29, 0.717) is 0 Å². The van der Waals surface area contributed by atoms with Crippen molar-refractivity contribution in [1.82, 2.24) is 0 Å². The fraction of sp³-hybridized carbons (Fsp3) is 0. The van der Waals surface area contributed by atoms with E-state index in [1.165, 1.54) is 21.9 Å². The van der Waals surface area contributed by atoms with Crippen molar-refractivity contribution in [2.45, 2.75) is 0 Å². The van der Waals surface area contributed by atoms with E-state index in [1.807, 2.05) is 18.2 Å². The molecule has 1 nitrogen and oxygen atoms in total. The van der Waals surface area contributed by atoms with Gasteiger partial charge >= 0.3 is 0 Å². The van der Waals surface area contributed by atoms with Crippen LogP contribution in [0.4, 0.5) is 11.4 Å². The Morgan fingerprint density at radius 2 is 1.34 bits per heavy atom. The highest BCUT2D eigenvalue weighted by Gasteiger charge is 2.09. The van der Waals surface area contributed by atoms with Crippen LogP contribution in [-0.2, 0) is 0 Å². The van der Waals surface area contributed by atoms with Gasteiger partial charge in [0.25, 0.3) is 0 Å². The third-order valence-electron chi connectivity index (χ3n) is 6.22. The first-order chi connectivity index (χ1) is 17.3. The van der Waals surface area contributed by atoms with Crippen LogP contribution in [-0.4, -0.2) is 0 Å². The number of benzene rings is 5. The predicted octanol–water partition coefficient (Wildman–Crippen LogP) is 9.67. The standard InChI is InChI=1S/C34H27N/c1-3-11-25(4-2)29-20-23-34(33(24-29)27-12-6-5-7-13-27)35-30-21-18-28(19-22-30)32-17-10-15-26-14-8-9-16-31(26)32/h3-24,35H,1-2H2/b25-11+. The van der Waals surface area contributed by atoms with Crippen LogP contribution in [0.5, 0.6) is 0 Å². The summed E-state index contributed by atoms with van der Waals surface area (Å²) in [4.78, 5) is 0. The SMILES string of the molecule is C=C/C=C(\C=C)c1ccc(Nc2ccc(-c3cccc4ccccc34)cc2)c(-c2ccccc2)c1. The van der Waals surface area contributed by atoms with Crippen molar-refractivity contribution in [3.63, 3.8) is 0 Å². The summed E-state index contributed by atoms with van der Waals surface area (Å²) in [5.74, 6) is 0. The average Bonchev–Trinajstić information content (AvgIpc) is 2.93. The molecule has 0 aliphatic rings. The summed E-state index contributed by atoms with van der Waals surface area (Å²) in [6.07, 6.45) is 5.64. The maximum atomic E-state index is 3.97. The van der Waals surface area contributed by atoms with Gasteiger partial charge < -0.3 is 5.32 Å². The van der Waals surface area contributed by atoms with Gasteiger partial charge in [-0.3, -0.25) is 0 Å². The number of rotatable bonds is 7. The van der Waals surface area contributed by atoms with E-state index in [1.54, 1.807) is 6.08 Å². The third kappa shape index (κ3) is 4.71. The Labute approximate surface area is 207 Å². The lowest BCUT2D eigenvalue weighted by atomic mass is 9.96. The van der Waals surface area contributed by atoms with E-state index in [-0.39, 0.29) is 0 Å². The number of allylic oxidation sites excluding steroid dienone is 4. The number of fused-ring (bicyclic) bond motifs is 1. The molecule has 0 saturated heterocycles. The van der Waals surface area contributed by atoms with Crippen LogP contribution in [0.2, 0.25) is 0 Å². The fourth-order valence-electron chi connectivity index (χ4n) is 4.46. The summed E-state index contributed by atoms with van der Waals surface area (Å²) >= 11 is 0. The summed E-state index contributed by atoms with van der Waals surface area (Å²) in [6, 6.07) is 40.6. The van der Waals surface area contributed by atoms with Gasteiger partial charge in [-0.25, -0.2) is 0 Å². The van der Waals surface area contributed by atoms with E-state index in [4.69, 9.17) is 0 Å². The van der Waals surface area contributed by atoms with Gasteiger partial charge in [-0.2, -0.15) is 0 Å². The first kappa shape index (κ1) is 22.2. The topological polar surface area (TPSA) is 12.0 Å². The fourth-order valence-corrected chi connectivity index (χ4v) is 4.46. The van der Waals surface area contributed by atoms with Crippen molar-refractivity contribution in [3.05, 3.63) is 152 Å². The van der Waals surface area contributed by atoms with Gasteiger partial charge in [0.1, 0.15) is 0 Å². The molecule has 0 bridgehead atoms. The largest absolute Gasteiger partial charge is 0.355 e. The van der Waals surface area contributed by atoms with Gasteiger partial charge in [-0.1, -0.05) is 122 Å². The molecule has 5 rings (SSSR count). The molecule has 0 aliphatic heterocycles. The second-order valence-corrected chi connectivity index (χ2v) is 8.42. The Morgan fingerprint density at radius 3 is 2.11 bits per heavy atom. The maximum absolute atomic E-state index is 3.97. The summed E-state index contributed by atoms with van der Waals surface area (Å²) in [6.45, 7) is 7.81. The minimum Gasteiger partial charge on any atom is -0.355 e. The summed E-state index contributed by atoms with van der Waals surface area (Å²) in [7, 11) is 0. The molecule has 168 valence electrons. The highest BCUT2D eigenvalue weighted by molar-refractivity contribution is 5.97. The molecular weight excluding hydrogens is 422 g/mol. The van der Waals surface area contributed by atoms with Crippen molar-refractivity contribution in [2.75, 3.05) is 5.32 Å². The van der Waals surface area contributed by atoms with Crippen LogP contribution in [0.1, 0.15) is 5.56 Å². The normalized spacial score (nSPS) is 11.3. The molecule has 0 aliphatic carbocycles. The molecule has 0 amide bonds. The lowest BCUT2D eigenvalue weighted by molar-refractivity contribution is 1.51. The molecule has 5 aromatic rings. The molecule has 0 fully saturated rings. The van der Waals surface area contributed by atoms with E-state index in [9.17, 15) is 0 Å². The van der Waals surface area contributed by atoms with Gasteiger partial charge in [0.2, 0.25) is 0 Å². The van der Waals surface area contributed by atoms with Crippen LogP contribution in [0, 0.1) is 0 Å². The Morgan fingerprint density at radius 1 is 0.629 bits per heavy atom. The second-order valence-electron chi connectivity index (χ2n) is 8.42. The highest BCUT2D eigenvalue weighted by atomic mass is 14.9. The van der Waals surface area contributed by atoms with E-state index >= 15 is 0 Å². The summed E-state index contributed by atoms with van der Waals surface area (Å²) in [5, 5.41) is 6.16. The zero-order valence-electron chi connectivity index (χ0n) is 19.6. The van der Waals surface area contributed by atoms with Crippen molar-refractivity contribution < 1.29 is 0 Å². The van der Waals surface area contributed by atoms with Gasteiger partial charge in [-0.15, -0.1) is 0 Å². The summed E-state index contributed by atoms with van der Waals surface area (Å²) < 4.78 is 0. The van der Waals surface area contributed by atoms with Crippen LogP contribution < -0.4 is 5.32 Å². The number of nitrogens with one attached hydrogen (secondary N) is 1. The number of hydrogen-bond acceptors (Lipinski definition) is 1. The molecule has 0 spiro atoms. The van der Waals surface area contributed by atoms with Crippen molar-refractivity contribution in [2.24, 2.45) is 0 Å². The number of anilines is 2. The molecule has 1 heteroatoms. The molecule has 1 N–H and O–H groups in total. The molecule has 0 atom stereocenters. The maximum Gasteiger partial charge on any atom is 0.0464 e. The number of hydrogen-bond donors (Lipinski definition) is 1. The molecular formula is C34H27N. The van der Waals surface area contributed by atoms with Gasteiger partial charge in [0, 0.05) is 16.9 Å². The van der Waals surface area contributed by atoms with Crippen LogP contribution in [0.3, 0.4) is 0 Å². The highest BCUT2D eigenvalue weighted by Crippen LogP contribution is 2.35. The van der Waals surface area contributed by atoms with Crippen molar-refractivity contribution in [1.29, 1.82) is 0 Å².